The Labute approximate surface area is 112 Å². The molecule has 0 bridgehead atoms. The fraction of sp³-hybridized carbons (Fsp3) is 0.385. The SMILES string of the molecule is CCC(C(=O)Nc1ccc(CCO)cc1)C(N)=S. The van der Waals surface area contributed by atoms with Crippen LogP contribution in [0.15, 0.2) is 24.3 Å². The van der Waals surface area contributed by atoms with Crippen LogP contribution in [0.1, 0.15) is 18.9 Å². The summed E-state index contributed by atoms with van der Waals surface area (Å²) < 4.78 is 0. The van der Waals surface area contributed by atoms with Crippen molar-refractivity contribution in [3.8, 4) is 0 Å². The van der Waals surface area contributed by atoms with Gasteiger partial charge in [-0.1, -0.05) is 31.3 Å². The molecule has 1 aromatic rings. The number of benzene rings is 1. The second kappa shape index (κ2) is 7.08. The Bertz CT molecular complexity index is 418. The number of nitrogens with one attached hydrogen (secondary N) is 1. The van der Waals surface area contributed by atoms with Crippen LogP contribution in [0.5, 0.6) is 0 Å². The monoisotopic (exact) mass is 266 g/mol. The highest BCUT2D eigenvalue weighted by Crippen LogP contribution is 2.13. The number of carbonyl (C=O) groups excluding carboxylic acids is 1. The van der Waals surface area contributed by atoms with Gasteiger partial charge in [-0.25, -0.2) is 0 Å². The molecule has 4 nitrogen and oxygen atoms in total. The van der Waals surface area contributed by atoms with Crippen molar-refractivity contribution in [3.63, 3.8) is 0 Å². The van der Waals surface area contributed by atoms with Crippen LogP contribution in [0.4, 0.5) is 5.69 Å². The smallest absolute Gasteiger partial charge is 0.234 e. The molecule has 1 rings (SSSR count). The molecule has 0 saturated carbocycles. The number of carbonyl (C=O) groups is 1. The molecule has 0 spiro atoms. The third-order valence-corrected chi connectivity index (χ3v) is 2.97. The summed E-state index contributed by atoms with van der Waals surface area (Å²) in [4.78, 5) is 12.1. The van der Waals surface area contributed by atoms with Gasteiger partial charge in [0.2, 0.25) is 5.91 Å². The van der Waals surface area contributed by atoms with E-state index in [2.05, 4.69) is 5.32 Å². The van der Waals surface area contributed by atoms with Gasteiger partial charge in [-0.15, -0.1) is 0 Å². The maximum Gasteiger partial charge on any atom is 0.234 e. The van der Waals surface area contributed by atoms with Crippen LogP contribution in [-0.4, -0.2) is 22.6 Å². The summed E-state index contributed by atoms with van der Waals surface area (Å²) in [6.45, 7) is 1.98. The maximum absolute atomic E-state index is 11.9. The van der Waals surface area contributed by atoms with Crippen LogP contribution in [0.25, 0.3) is 0 Å². The van der Waals surface area contributed by atoms with Crippen molar-refractivity contribution >= 4 is 28.8 Å². The van der Waals surface area contributed by atoms with E-state index in [-0.39, 0.29) is 17.5 Å². The summed E-state index contributed by atoms with van der Waals surface area (Å²) in [5.41, 5.74) is 7.24. The summed E-state index contributed by atoms with van der Waals surface area (Å²) in [5, 5.41) is 11.6. The van der Waals surface area contributed by atoms with E-state index in [1.165, 1.54) is 0 Å². The van der Waals surface area contributed by atoms with E-state index >= 15 is 0 Å². The molecule has 1 aromatic carbocycles. The van der Waals surface area contributed by atoms with Crippen molar-refractivity contribution in [1.29, 1.82) is 0 Å². The van der Waals surface area contributed by atoms with E-state index in [1.54, 1.807) is 12.1 Å². The summed E-state index contributed by atoms with van der Waals surface area (Å²) >= 11 is 4.85. The lowest BCUT2D eigenvalue weighted by Crippen LogP contribution is -2.32. The van der Waals surface area contributed by atoms with E-state index in [0.717, 1.165) is 5.56 Å². The van der Waals surface area contributed by atoms with Gasteiger partial charge in [0.25, 0.3) is 0 Å². The number of anilines is 1. The zero-order valence-corrected chi connectivity index (χ0v) is 11.2. The molecule has 18 heavy (non-hydrogen) atoms. The van der Waals surface area contributed by atoms with E-state index in [9.17, 15) is 4.79 Å². The van der Waals surface area contributed by atoms with Gasteiger partial charge < -0.3 is 16.2 Å². The topological polar surface area (TPSA) is 75.3 Å². The lowest BCUT2D eigenvalue weighted by molar-refractivity contribution is -0.118. The number of thiocarbonyl (C=S) groups is 1. The second-order valence-electron chi connectivity index (χ2n) is 4.02. The summed E-state index contributed by atoms with van der Waals surface area (Å²) in [6.07, 6.45) is 1.20. The highest BCUT2D eigenvalue weighted by atomic mass is 32.1. The van der Waals surface area contributed by atoms with Gasteiger partial charge in [-0.3, -0.25) is 4.79 Å². The van der Waals surface area contributed by atoms with E-state index < -0.39 is 5.92 Å². The van der Waals surface area contributed by atoms with E-state index in [4.69, 9.17) is 23.1 Å². The first-order chi connectivity index (χ1) is 8.58. The normalized spacial score (nSPS) is 11.9. The van der Waals surface area contributed by atoms with Crippen molar-refractivity contribution in [2.45, 2.75) is 19.8 Å². The Morgan fingerprint density at radius 1 is 1.44 bits per heavy atom. The molecule has 0 fully saturated rings. The average Bonchev–Trinajstić information content (AvgIpc) is 2.32. The lowest BCUT2D eigenvalue weighted by atomic mass is 10.1. The molecule has 0 aliphatic heterocycles. The average molecular weight is 266 g/mol. The van der Waals surface area contributed by atoms with Crippen molar-refractivity contribution < 1.29 is 9.90 Å². The second-order valence-corrected chi connectivity index (χ2v) is 4.49. The number of hydrogen-bond acceptors (Lipinski definition) is 3. The Kier molecular flexibility index (Phi) is 5.74. The molecule has 98 valence electrons. The Hall–Kier alpha value is -1.46. The van der Waals surface area contributed by atoms with Gasteiger partial charge in [0.05, 0.1) is 10.9 Å². The number of aliphatic hydroxyl groups is 1. The van der Waals surface area contributed by atoms with Crippen molar-refractivity contribution in [1.82, 2.24) is 0 Å². The highest BCUT2D eigenvalue weighted by Gasteiger charge is 2.18. The summed E-state index contributed by atoms with van der Waals surface area (Å²) in [7, 11) is 0. The molecule has 0 aromatic heterocycles. The molecule has 1 atom stereocenters. The minimum absolute atomic E-state index is 0.116. The van der Waals surface area contributed by atoms with Crippen molar-refractivity contribution in [2.24, 2.45) is 11.7 Å². The molecular weight excluding hydrogens is 248 g/mol. The Morgan fingerprint density at radius 3 is 2.50 bits per heavy atom. The summed E-state index contributed by atoms with van der Waals surface area (Å²) in [6, 6.07) is 7.34. The van der Waals surface area contributed by atoms with Gasteiger partial charge >= 0.3 is 0 Å². The molecule has 0 radical (unpaired) electrons. The molecule has 0 aliphatic rings. The number of aliphatic hydroxyl groups excluding tert-OH is 1. The fourth-order valence-electron chi connectivity index (χ4n) is 1.63. The third-order valence-electron chi connectivity index (χ3n) is 2.69. The molecule has 0 saturated heterocycles. The number of hydrogen-bond donors (Lipinski definition) is 3. The largest absolute Gasteiger partial charge is 0.396 e. The van der Waals surface area contributed by atoms with E-state index in [1.807, 2.05) is 19.1 Å². The van der Waals surface area contributed by atoms with Crippen LogP contribution < -0.4 is 11.1 Å². The van der Waals surface area contributed by atoms with E-state index in [0.29, 0.717) is 18.5 Å². The first-order valence-corrected chi connectivity index (χ1v) is 6.29. The van der Waals surface area contributed by atoms with Crippen LogP contribution in [0.2, 0.25) is 0 Å². The predicted octanol–water partition coefficient (Wildman–Crippen LogP) is 1.47. The number of rotatable bonds is 6. The van der Waals surface area contributed by atoms with Gasteiger partial charge in [0.15, 0.2) is 0 Å². The first kappa shape index (κ1) is 14.6. The maximum atomic E-state index is 11.9. The molecule has 5 heteroatoms. The summed E-state index contributed by atoms with van der Waals surface area (Å²) in [5.74, 6) is -0.614. The predicted molar refractivity (Wildman–Crippen MR) is 76.4 cm³/mol. The number of nitrogens with two attached hydrogens (primary N) is 1. The van der Waals surface area contributed by atoms with Crippen molar-refractivity contribution in [2.75, 3.05) is 11.9 Å². The molecular formula is C13H18N2O2S. The molecule has 1 unspecified atom stereocenters. The van der Waals surface area contributed by atoms with Crippen LogP contribution in [-0.2, 0) is 11.2 Å². The third kappa shape index (κ3) is 4.09. The van der Waals surface area contributed by atoms with Crippen LogP contribution in [0, 0.1) is 5.92 Å². The standard InChI is InChI=1S/C13H18N2O2S/c1-2-11(12(14)18)13(17)15-10-5-3-9(4-6-10)7-8-16/h3-6,11,16H,2,7-8H2,1H3,(H2,14,18)(H,15,17). The van der Waals surface area contributed by atoms with Gasteiger partial charge in [-0.05, 0) is 30.5 Å². The molecule has 0 heterocycles. The minimum atomic E-state index is -0.433. The molecule has 4 N–H and O–H groups in total. The molecule has 1 amide bonds. The Balaban J connectivity index is 2.66. The quantitative estimate of drug-likeness (QED) is 0.682. The molecule has 0 aliphatic carbocycles. The van der Waals surface area contributed by atoms with Gasteiger partial charge in [-0.2, -0.15) is 0 Å². The van der Waals surface area contributed by atoms with Crippen LogP contribution in [0.3, 0.4) is 0 Å². The van der Waals surface area contributed by atoms with Crippen LogP contribution >= 0.6 is 12.2 Å². The minimum Gasteiger partial charge on any atom is -0.396 e. The van der Waals surface area contributed by atoms with Gasteiger partial charge in [0, 0.05) is 12.3 Å². The first-order valence-electron chi connectivity index (χ1n) is 5.88. The van der Waals surface area contributed by atoms with Gasteiger partial charge in [0.1, 0.15) is 0 Å². The lowest BCUT2D eigenvalue weighted by Gasteiger charge is -2.13. The number of amides is 1. The zero-order chi connectivity index (χ0) is 13.5. The highest BCUT2D eigenvalue weighted by molar-refractivity contribution is 7.80. The fourth-order valence-corrected chi connectivity index (χ4v) is 1.90. The van der Waals surface area contributed by atoms with Crippen molar-refractivity contribution in [3.05, 3.63) is 29.8 Å². The Morgan fingerprint density at radius 2 is 2.06 bits per heavy atom. The zero-order valence-electron chi connectivity index (χ0n) is 10.3.